The maximum atomic E-state index is 6.90. The zero-order valence-electron chi connectivity index (χ0n) is 36.6. The highest BCUT2D eigenvalue weighted by Crippen LogP contribution is 2.47. The van der Waals surface area contributed by atoms with Gasteiger partial charge in [-0.1, -0.05) is 165 Å². The fourth-order valence-electron chi connectivity index (χ4n) is 11.8. The average molecular weight is 845 g/mol. The normalized spacial score (nSPS) is 17.0. The topological polar surface area (TPSA) is 30.4 Å². The van der Waals surface area contributed by atoms with Crippen molar-refractivity contribution in [2.45, 2.75) is 31.7 Å². The van der Waals surface area contributed by atoms with Gasteiger partial charge in [-0.05, 0) is 132 Å². The lowest BCUT2D eigenvalue weighted by Crippen LogP contribution is -2.20. The highest BCUT2D eigenvalue weighted by molar-refractivity contribution is 6.15. The van der Waals surface area contributed by atoms with Crippen molar-refractivity contribution in [2.75, 3.05) is 0 Å². The van der Waals surface area contributed by atoms with Crippen LogP contribution >= 0.6 is 0 Å². The van der Waals surface area contributed by atoms with E-state index >= 15 is 0 Å². The third-order valence-electron chi connectivity index (χ3n) is 15.0. The number of para-hydroxylation sites is 2. The van der Waals surface area contributed by atoms with Gasteiger partial charge >= 0.3 is 0 Å². The molecule has 0 fully saturated rings. The number of fused-ring (bicyclic) bond motifs is 13. The molecule has 14 rings (SSSR count). The van der Waals surface area contributed by atoms with Crippen molar-refractivity contribution in [3.8, 4) is 5.69 Å². The van der Waals surface area contributed by atoms with Gasteiger partial charge < -0.3 is 8.98 Å². The molecule has 3 atom stereocenters. The summed E-state index contributed by atoms with van der Waals surface area (Å²) < 4.78 is 9.37. The van der Waals surface area contributed by atoms with Gasteiger partial charge in [-0.2, -0.15) is 0 Å². The summed E-state index contributed by atoms with van der Waals surface area (Å²) >= 11 is 0. The summed E-state index contributed by atoms with van der Waals surface area (Å²) in [6.45, 7) is 2.43. The molecule has 3 nitrogen and oxygen atoms in total. The molecular weight excluding hydrogens is 801 g/mol. The third-order valence-corrected chi connectivity index (χ3v) is 15.0. The Bertz CT molecular complexity index is 4170. The van der Waals surface area contributed by atoms with Gasteiger partial charge in [-0.3, -0.25) is 4.99 Å². The zero-order chi connectivity index (χ0) is 43.5. The van der Waals surface area contributed by atoms with Crippen LogP contribution < -0.4 is 0 Å². The van der Waals surface area contributed by atoms with E-state index in [2.05, 4.69) is 218 Å². The molecule has 0 N–H and O–H groups in total. The van der Waals surface area contributed by atoms with Gasteiger partial charge in [0, 0.05) is 39.2 Å². The van der Waals surface area contributed by atoms with Gasteiger partial charge in [-0.25, -0.2) is 0 Å². The molecule has 0 saturated carbocycles. The van der Waals surface area contributed by atoms with Gasteiger partial charge in [-0.15, -0.1) is 0 Å². The molecule has 66 heavy (non-hydrogen) atoms. The summed E-state index contributed by atoms with van der Waals surface area (Å²) in [5.74, 6) is 0.231. The van der Waals surface area contributed by atoms with Crippen molar-refractivity contribution in [2.24, 2.45) is 10.9 Å². The lowest BCUT2D eigenvalue weighted by atomic mass is 9.78. The summed E-state index contributed by atoms with van der Waals surface area (Å²) in [5, 5.41) is 17.5. The van der Waals surface area contributed by atoms with Gasteiger partial charge in [0.05, 0.1) is 22.8 Å². The summed E-state index contributed by atoms with van der Waals surface area (Å²) in [7, 11) is 0. The molecule has 0 bridgehead atoms. The quantitative estimate of drug-likeness (QED) is 0.162. The second kappa shape index (κ2) is 14.5. The Labute approximate surface area is 381 Å². The molecular formula is C63H44N2O. The fourth-order valence-corrected chi connectivity index (χ4v) is 11.8. The number of nitrogens with zero attached hydrogens (tertiary/aromatic N) is 2. The number of hydrogen-bond donors (Lipinski definition) is 0. The molecule has 0 radical (unpaired) electrons. The van der Waals surface area contributed by atoms with Crippen LogP contribution in [0.3, 0.4) is 0 Å². The van der Waals surface area contributed by atoms with E-state index in [1.165, 1.54) is 97.7 Å². The van der Waals surface area contributed by atoms with Crippen LogP contribution in [0.15, 0.2) is 216 Å². The van der Waals surface area contributed by atoms with Gasteiger partial charge in [0.15, 0.2) is 0 Å². The van der Waals surface area contributed by atoms with Crippen molar-refractivity contribution in [1.82, 2.24) is 4.57 Å². The standard InChI is InChI=1S/C63H44N2O/c1-38-48(56-36-47(37-61-62(56)54-19-9-11-21-60(54)66-61)65-58-20-10-8-18-53(58)55-34-41-14-2-3-15-42(41)35-59(55)65)30-31-57(45-26-28-51-43(32-45)24-22-39-12-4-6-16-49(39)51)64-63(38)46-27-29-52-44(33-46)25-23-40-13-5-7-17-50(40)52/h2-29,32-38,48,57H,30-31H2,1H3/t38-,48?,57?/m0/s1. The highest BCUT2D eigenvalue weighted by Gasteiger charge is 2.33. The minimum absolute atomic E-state index is 0.0130. The lowest BCUT2D eigenvalue weighted by Gasteiger charge is -2.26. The molecule has 2 unspecified atom stereocenters. The molecule has 1 aliphatic heterocycles. The summed E-state index contributed by atoms with van der Waals surface area (Å²) in [5.41, 5.74) is 10.3. The van der Waals surface area contributed by atoms with E-state index in [-0.39, 0.29) is 17.9 Å². The van der Waals surface area contributed by atoms with Gasteiger partial charge in [0.25, 0.3) is 0 Å². The van der Waals surface area contributed by atoms with E-state index < -0.39 is 0 Å². The number of hydrogen-bond acceptors (Lipinski definition) is 2. The fraction of sp³-hybridized carbons (Fsp3) is 0.0952. The predicted molar refractivity (Wildman–Crippen MR) is 279 cm³/mol. The van der Waals surface area contributed by atoms with Crippen LogP contribution in [0, 0.1) is 5.92 Å². The largest absolute Gasteiger partial charge is 0.456 e. The first-order valence-electron chi connectivity index (χ1n) is 23.4. The molecule has 312 valence electrons. The average Bonchev–Trinajstić information content (AvgIpc) is 3.85. The minimum Gasteiger partial charge on any atom is -0.456 e. The van der Waals surface area contributed by atoms with Gasteiger partial charge in [0.2, 0.25) is 0 Å². The van der Waals surface area contributed by atoms with E-state index in [9.17, 15) is 0 Å². The Balaban J connectivity index is 0.990. The Kier molecular flexibility index (Phi) is 8.21. The molecule has 3 heteroatoms. The monoisotopic (exact) mass is 844 g/mol. The Morgan fingerprint density at radius 1 is 0.439 bits per heavy atom. The van der Waals surface area contributed by atoms with Crippen LogP contribution in [0.25, 0.3) is 103 Å². The molecule has 0 spiro atoms. The number of aliphatic imine (C=N–C) groups is 1. The van der Waals surface area contributed by atoms with Crippen LogP contribution in [0.5, 0.6) is 0 Å². The van der Waals surface area contributed by atoms with Crippen molar-refractivity contribution in [3.63, 3.8) is 0 Å². The molecule has 2 aromatic heterocycles. The van der Waals surface area contributed by atoms with Gasteiger partial charge in [0.1, 0.15) is 11.2 Å². The first-order valence-corrected chi connectivity index (χ1v) is 23.4. The number of furan rings is 1. The van der Waals surface area contributed by atoms with Crippen LogP contribution in [0.1, 0.15) is 48.4 Å². The van der Waals surface area contributed by atoms with E-state index in [1.807, 2.05) is 0 Å². The van der Waals surface area contributed by atoms with E-state index in [1.54, 1.807) is 0 Å². The minimum atomic E-state index is -0.0130. The smallest absolute Gasteiger partial charge is 0.137 e. The van der Waals surface area contributed by atoms with Crippen LogP contribution in [0.2, 0.25) is 0 Å². The number of rotatable bonds is 4. The van der Waals surface area contributed by atoms with E-state index in [0.29, 0.717) is 0 Å². The Morgan fingerprint density at radius 3 is 1.82 bits per heavy atom. The Morgan fingerprint density at radius 2 is 1.05 bits per heavy atom. The maximum absolute atomic E-state index is 6.90. The van der Waals surface area contributed by atoms with Crippen molar-refractivity contribution >= 4 is 103 Å². The van der Waals surface area contributed by atoms with Crippen LogP contribution in [-0.4, -0.2) is 10.3 Å². The molecule has 0 aliphatic carbocycles. The second-order valence-electron chi connectivity index (χ2n) is 18.6. The highest BCUT2D eigenvalue weighted by atomic mass is 16.3. The molecule has 11 aromatic carbocycles. The zero-order valence-corrected chi connectivity index (χ0v) is 36.6. The number of benzene rings is 11. The summed E-state index contributed by atoms with van der Waals surface area (Å²) in [6.07, 6.45) is 1.88. The molecule has 3 heterocycles. The van der Waals surface area contributed by atoms with E-state index in [4.69, 9.17) is 9.41 Å². The van der Waals surface area contributed by atoms with E-state index in [0.717, 1.165) is 40.8 Å². The molecule has 13 aromatic rings. The molecule has 0 amide bonds. The SMILES string of the molecule is C[C@@H]1C(c2ccc3c(ccc4ccccc43)c2)=NC(c2ccc3c(ccc4ccccc43)c2)CCC1c1cc(-n2c3ccccc3c3cc4ccccc4cc32)cc2oc3ccccc3c12. The summed E-state index contributed by atoms with van der Waals surface area (Å²) in [4.78, 5) is 5.91. The maximum Gasteiger partial charge on any atom is 0.137 e. The first kappa shape index (κ1) is 37.4. The van der Waals surface area contributed by atoms with Crippen molar-refractivity contribution in [1.29, 1.82) is 0 Å². The van der Waals surface area contributed by atoms with Crippen molar-refractivity contribution in [3.05, 3.63) is 223 Å². The first-order chi connectivity index (χ1) is 32.6. The van der Waals surface area contributed by atoms with Crippen LogP contribution in [-0.2, 0) is 0 Å². The third kappa shape index (κ3) is 5.72. The Hall–Kier alpha value is -8.01. The molecule has 0 saturated heterocycles. The predicted octanol–water partition coefficient (Wildman–Crippen LogP) is 17.2. The lowest BCUT2D eigenvalue weighted by molar-refractivity contribution is 0.510. The van der Waals surface area contributed by atoms with Crippen molar-refractivity contribution < 1.29 is 4.42 Å². The second-order valence-corrected chi connectivity index (χ2v) is 18.6. The molecule has 1 aliphatic rings. The van der Waals surface area contributed by atoms with Crippen LogP contribution in [0.4, 0.5) is 0 Å². The number of aromatic nitrogens is 1. The summed E-state index contributed by atoms with van der Waals surface area (Å²) in [6, 6.07) is 76.3.